The Morgan fingerprint density at radius 2 is 1.95 bits per heavy atom. The summed E-state index contributed by atoms with van der Waals surface area (Å²) in [6.45, 7) is 0. The van der Waals surface area contributed by atoms with Crippen molar-refractivity contribution < 1.29 is 9.53 Å². The van der Waals surface area contributed by atoms with Crippen LogP contribution in [-0.2, 0) is 5.54 Å². The number of amides is 1. The minimum Gasteiger partial charge on any atom is -0.496 e. The molecule has 1 saturated carbocycles. The van der Waals surface area contributed by atoms with Gasteiger partial charge in [-0.05, 0) is 37.1 Å². The van der Waals surface area contributed by atoms with Gasteiger partial charge in [0.2, 0.25) is 0 Å². The predicted octanol–water partition coefficient (Wildman–Crippen LogP) is 3.77. The van der Waals surface area contributed by atoms with Crippen LogP contribution in [0.3, 0.4) is 0 Å². The van der Waals surface area contributed by atoms with Gasteiger partial charge in [-0.25, -0.2) is 0 Å². The largest absolute Gasteiger partial charge is 0.496 e. The Kier molecular flexibility index (Phi) is 3.60. The van der Waals surface area contributed by atoms with E-state index < -0.39 is 0 Å². The van der Waals surface area contributed by atoms with E-state index in [-0.39, 0.29) is 11.4 Å². The molecule has 2 aromatic rings. The third-order valence-electron chi connectivity index (χ3n) is 3.81. The number of ether oxygens (including phenoxy) is 1. The smallest absolute Gasteiger partial charge is 0.252 e. The molecule has 1 fully saturated rings. The summed E-state index contributed by atoms with van der Waals surface area (Å²) in [5.74, 6) is 0.697. The van der Waals surface area contributed by atoms with Crippen LogP contribution in [0.5, 0.6) is 5.75 Å². The van der Waals surface area contributed by atoms with Crippen molar-refractivity contribution in [1.29, 1.82) is 0 Å². The van der Waals surface area contributed by atoms with Crippen LogP contribution in [0.4, 0.5) is 0 Å². The molecule has 0 unspecified atom stereocenters. The molecular formula is C17H16ClNO2. The maximum absolute atomic E-state index is 12.4. The monoisotopic (exact) mass is 301 g/mol. The Labute approximate surface area is 128 Å². The highest BCUT2D eigenvalue weighted by Gasteiger charge is 2.47. The van der Waals surface area contributed by atoms with Gasteiger partial charge in [-0.1, -0.05) is 35.9 Å². The number of hydrogen-bond acceptors (Lipinski definition) is 2. The second-order valence-electron chi connectivity index (χ2n) is 5.25. The molecule has 4 heteroatoms. The van der Waals surface area contributed by atoms with E-state index >= 15 is 0 Å². The number of carbonyl (C=O) groups excluding carboxylic acids is 1. The summed E-state index contributed by atoms with van der Waals surface area (Å²) in [4.78, 5) is 12.4. The molecule has 0 heterocycles. The molecule has 108 valence electrons. The van der Waals surface area contributed by atoms with Crippen molar-refractivity contribution in [3.63, 3.8) is 0 Å². The van der Waals surface area contributed by atoms with Gasteiger partial charge in [-0.15, -0.1) is 0 Å². The lowest BCUT2D eigenvalue weighted by Gasteiger charge is -2.20. The van der Waals surface area contributed by atoms with E-state index in [9.17, 15) is 4.79 Å². The Hall–Kier alpha value is -2.00. The average Bonchev–Trinajstić information content (AvgIpc) is 3.28. The summed E-state index contributed by atoms with van der Waals surface area (Å²) in [5.41, 5.74) is 1.29. The summed E-state index contributed by atoms with van der Waals surface area (Å²) in [6, 6.07) is 14.8. The van der Waals surface area contributed by atoms with Gasteiger partial charge in [-0.3, -0.25) is 4.79 Å². The number of nitrogens with one attached hydrogen (secondary N) is 1. The Morgan fingerprint density at radius 1 is 1.19 bits per heavy atom. The number of para-hydroxylation sites is 1. The van der Waals surface area contributed by atoms with Crippen molar-refractivity contribution in [2.24, 2.45) is 0 Å². The van der Waals surface area contributed by atoms with E-state index in [1.54, 1.807) is 31.4 Å². The fourth-order valence-electron chi connectivity index (χ4n) is 2.55. The third kappa shape index (κ3) is 2.74. The van der Waals surface area contributed by atoms with Crippen LogP contribution < -0.4 is 10.1 Å². The second kappa shape index (κ2) is 5.41. The van der Waals surface area contributed by atoms with Gasteiger partial charge in [0.25, 0.3) is 5.91 Å². The van der Waals surface area contributed by atoms with Crippen LogP contribution in [0.15, 0.2) is 48.5 Å². The van der Waals surface area contributed by atoms with Gasteiger partial charge in [0, 0.05) is 16.1 Å². The zero-order chi connectivity index (χ0) is 14.9. The maximum atomic E-state index is 12.4. The highest BCUT2D eigenvalue weighted by Crippen LogP contribution is 2.49. The number of carbonyl (C=O) groups is 1. The number of rotatable bonds is 4. The summed E-state index contributed by atoms with van der Waals surface area (Å²) in [6.07, 6.45) is 1.83. The van der Waals surface area contributed by atoms with E-state index in [2.05, 4.69) is 5.32 Å². The van der Waals surface area contributed by atoms with E-state index in [1.165, 1.54) is 0 Å². The number of halogens is 1. The Bertz CT molecular complexity index is 680. The van der Waals surface area contributed by atoms with E-state index in [1.807, 2.05) is 24.3 Å². The van der Waals surface area contributed by atoms with Crippen LogP contribution in [0.2, 0.25) is 5.02 Å². The Balaban J connectivity index is 1.85. The molecule has 21 heavy (non-hydrogen) atoms. The first kappa shape index (κ1) is 14.0. The van der Waals surface area contributed by atoms with Crippen molar-refractivity contribution in [2.45, 2.75) is 18.4 Å². The first-order valence-electron chi connectivity index (χ1n) is 6.86. The summed E-state index contributed by atoms with van der Waals surface area (Å²) in [7, 11) is 1.65. The number of benzene rings is 2. The lowest BCUT2D eigenvalue weighted by molar-refractivity contribution is 0.0930. The van der Waals surface area contributed by atoms with Crippen LogP contribution in [0, 0.1) is 0 Å². The van der Waals surface area contributed by atoms with Crippen LogP contribution in [0.25, 0.3) is 0 Å². The second-order valence-corrected chi connectivity index (χ2v) is 5.68. The lowest BCUT2D eigenvalue weighted by Crippen LogP contribution is -2.35. The van der Waals surface area contributed by atoms with Gasteiger partial charge < -0.3 is 10.1 Å². The molecule has 0 aromatic heterocycles. The standard InChI is InChI=1S/C17H16ClNO2/c1-21-15-8-3-2-7-14(15)17(9-10-17)19-16(20)12-5-4-6-13(18)11-12/h2-8,11H,9-10H2,1H3,(H,19,20). The third-order valence-corrected chi connectivity index (χ3v) is 4.05. The molecule has 0 radical (unpaired) electrons. The molecule has 0 saturated heterocycles. The minimum absolute atomic E-state index is 0.110. The molecule has 3 rings (SSSR count). The number of methoxy groups -OCH3 is 1. The zero-order valence-corrected chi connectivity index (χ0v) is 12.5. The van der Waals surface area contributed by atoms with Crippen molar-refractivity contribution in [1.82, 2.24) is 5.32 Å². The molecular weight excluding hydrogens is 286 g/mol. The van der Waals surface area contributed by atoms with Crippen molar-refractivity contribution in [3.8, 4) is 5.75 Å². The van der Waals surface area contributed by atoms with Gasteiger partial charge in [0.1, 0.15) is 5.75 Å². The molecule has 2 aromatic carbocycles. The topological polar surface area (TPSA) is 38.3 Å². The summed E-state index contributed by atoms with van der Waals surface area (Å²) in [5, 5.41) is 3.68. The average molecular weight is 302 g/mol. The van der Waals surface area contributed by atoms with E-state index in [0.29, 0.717) is 10.6 Å². The SMILES string of the molecule is COc1ccccc1C1(NC(=O)c2cccc(Cl)c2)CC1. The quantitative estimate of drug-likeness (QED) is 0.933. The molecule has 0 aliphatic heterocycles. The molecule has 1 N–H and O–H groups in total. The molecule has 0 bridgehead atoms. The Morgan fingerprint density at radius 3 is 2.62 bits per heavy atom. The van der Waals surface area contributed by atoms with Crippen LogP contribution in [0.1, 0.15) is 28.8 Å². The van der Waals surface area contributed by atoms with Gasteiger partial charge in [0.05, 0.1) is 12.6 Å². The van der Waals surface area contributed by atoms with E-state index in [4.69, 9.17) is 16.3 Å². The van der Waals surface area contributed by atoms with Crippen molar-refractivity contribution in [2.75, 3.05) is 7.11 Å². The van der Waals surface area contributed by atoms with Crippen LogP contribution in [-0.4, -0.2) is 13.0 Å². The lowest BCUT2D eigenvalue weighted by atomic mass is 10.0. The molecule has 1 amide bonds. The fraction of sp³-hybridized carbons (Fsp3) is 0.235. The van der Waals surface area contributed by atoms with Crippen molar-refractivity contribution in [3.05, 3.63) is 64.7 Å². The summed E-state index contributed by atoms with van der Waals surface area (Å²) < 4.78 is 5.41. The fourth-order valence-corrected chi connectivity index (χ4v) is 2.74. The zero-order valence-electron chi connectivity index (χ0n) is 11.7. The van der Waals surface area contributed by atoms with Gasteiger partial charge in [0.15, 0.2) is 0 Å². The first-order valence-corrected chi connectivity index (χ1v) is 7.24. The maximum Gasteiger partial charge on any atom is 0.252 e. The molecule has 1 aliphatic carbocycles. The van der Waals surface area contributed by atoms with Crippen molar-refractivity contribution >= 4 is 17.5 Å². The van der Waals surface area contributed by atoms with Crippen LogP contribution >= 0.6 is 11.6 Å². The predicted molar refractivity (Wildman–Crippen MR) is 82.8 cm³/mol. The molecule has 3 nitrogen and oxygen atoms in total. The minimum atomic E-state index is -0.313. The highest BCUT2D eigenvalue weighted by molar-refractivity contribution is 6.30. The normalized spacial score (nSPS) is 15.3. The molecule has 0 atom stereocenters. The number of hydrogen-bond donors (Lipinski definition) is 1. The molecule has 1 aliphatic rings. The summed E-state index contributed by atoms with van der Waals surface area (Å²) >= 11 is 5.94. The highest BCUT2D eigenvalue weighted by atomic mass is 35.5. The van der Waals surface area contributed by atoms with Gasteiger partial charge in [-0.2, -0.15) is 0 Å². The van der Waals surface area contributed by atoms with Gasteiger partial charge >= 0.3 is 0 Å². The molecule has 0 spiro atoms. The van der Waals surface area contributed by atoms with E-state index in [0.717, 1.165) is 24.2 Å². The first-order chi connectivity index (χ1) is 10.1.